The average molecular weight is 215 g/mol. The Hall–Kier alpha value is -1.17. The van der Waals surface area contributed by atoms with Crippen LogP contribution in [-0.4, -0.2) is 53.3 Å². The summed E-state index contributed by atoms with van der Waals surface area (Å²) in [7, 11) is 0. The SMILES string of the molecule is NC(=S)CC(=O)N1CCN(C=O)CC1. The van der Waals surface area contributed by atoms with Crippen LogP contribution in [0.2, 0.25) is 0 Å². The zero-order chi connectivity index (χ0) is 10.6. The van der Waals surface area contributed by atoms with Gasteiger partial charge in [0, 0.05) is 26.2 Å². The van der Waals surface area contributed by atoms with E-state index in [0.717, 1.165) is 6.41 Å². The van der Waals surface area contributed by atoms with E-state index >= 15 is 0 Å². The third kappa shape index (κ3) is 2.95. The predicted octanol–water partition coefficient (Wildman–Crippen LogP) is -1.04. The number of carbonyl (C=O) groups excluding carboxylic acids is 2. The number of hydrogen-bond donors (Lipinski definition) is 1. The van der Waals surface area contributed by atoms with Gasteiger partial charge in [-0.15, -0.1) is 0 Å². The first-order valence-corrected chi connectivity index (χ1v) is 4.79. The summed E-state index contributed by atoms with van der Waals surface area (Å²) in [4.78, 5) is 25.4. The molecule has 0 aliphatic carbocycles. The number of nitrogens with two attached hydrogens (primary N) is 1. The Morgan fingerprint density at radius 2 is 1.93 bits per heavy atom. The van der Waals surface area contributed by atoms with Crippen molar-refractivity contribution in [3.8, 4) is 0 Å². The van der Waals surface area contributed by atoms with Gasteiger partial charge in [0.15, 0.2) is 0 Å². The van der Waals surface area contributed by atoms with Crippen LogP contribution < -0.4 is 5.73 Å². The number of amides is 2. The Labute approximate surface area is 87.8 Å². The fourth-order valence-corrected chi connectivity index (χ4v) is 1.46. The van der Waals surface area contributed by atoms with E-state index in [1.54, 1.807) is 9.80 Å². The van der Waals surface area contributed by atoms with Crippen molar-refractivity contribution in [2.75, 3.05) is 26.2 Å². The second-order valence-corrected chi connectivity index (χ2v) is 3.69. The molecule has 14 heavy (non-hydrogen) atoms. The highest BCUT2D eigenvalue weighted by Crippen LogP contribution is 2.01. The maximum Gasteiger partial charge on any atom is 0.229 e. The molecule has 6 heteroatoms. The van der Waals surface area contributed by atoms with E-state index < -0.39 is 0 Å². The van der Waals surface area contributed by atoms with Crippen LogP contribution in [0.4, 0.5) is 0 Å². The van der Waals surface area contributed by atoms with Gasteiger partial charge in [0.2, 0.25) is 12.3 Å². The van der Waals surface area contributed by atoms with Gasteiger partial charge < -0.3 is 15.5 Å². The van der Waals surface area contributed by atoms with Gasteiger partial charge in [-0.05, 0) is 0 Å². The zero-order valence-corrected chi connectivity index (χ0v) is 8.63. The van der Waals surface area contributed by atoms with Crippen LogP contribution in [0.25, 0.3) is 0 Å². The van der Waals surface area contributed by atoms with Crippen molar-refractivity contribution in [3.63, 3.8) is 0 Å². The lowest BCUT2D eigenvalue weighted by Gasteiger charge is -2.32. The van der Waals surface area contributed by atoms with E-state index in [-0.39, 0.29) is 17.3 Å². The third-order valence-corrected chi connectivity index (χ3v) is 2.29. The normalized spacial score (nSPS) is 16.6. The highest BCUT2D eigenvalue weighted by molar-refractivity contribution is 7.80. The summed E-state index contributed by atoms with van der Waals surface area (Å²) in [6.45, 7) is 2.32. The number of carbonyl (C=O) groups is 2. The van der Waals surface area contributed by atoms with Crippen molar-refractivity contribution in [1.29, 1.82) is 0 Å². The van der Waals surface area contributed by atoms with Crippen LogP contribution in [0, 0.1) is 0 Å². The lowest BCUT2D eigenvalue weighted by Crippen LogP contribution is -2.48. The molecular weight excluding hydrogens is 202 g/mol. The Balaban J connectivity index is 2.37. The van der Waals surface area contributed by atoms with Crippen LogP contribution >= 0.6 is 12.2 Å². The van der Waals surface area contributed by atoms with Crippen LogP contribution in [0.15, 0.2) is 0 Å². The molecule has 1 fully saturated rings. The summed E-state index contributed by atoms with van der Waals surface area (Å²) in [6, 6.07) is 0. The highest BCUT2D eigenvalue weighted by Gasteiger charge is 2.19. The number of thiocarbonyl (C=S) groups is 1. The van der Waals surface area contributed by atoms with Crippen molar-refractivity contribution in [3.05, 3.63) is 0 Å². The molecule has 5 nitrogen and oxygen atoms in total. The van der Waals surface area contributed by atoms with Crippen molar-refractivity contribution >= 4 is 29.5 Å². The lowest BCUT2D eigenvalue weighted by molar-refractivity contribution is -0.134. The van der Waals surface area contributed by atoms with Gasteiger partial charge in [-0.3, -0.25) is 9.59 Å². The first-order chi connectivity index (χ1) is 6.63. The maximum atomic E-state index is 11.5. The molecule has 0 spiro atoms. The second kappa shape index (κ2) is 4.90. The minimum absolute atomic E-state index is 0.0527. The molecule has 2 amide bonds. The van der Waals surface area contributed by atoms with E-state index in [1.165, 1.54) is 0 Å². The molecule has 0 atom stereocenters. The Morgan fingerprint density at radius 1 is 1.36 bits per heavy atom. The number of rotatable bonds is 3. The molecule has 0 radical (unpaired) electrons. The first kappa shape index (κ1) is 10.9. The summed E-state index contributed by atoms with van der Waals surface area (Å²) in [6.07, 6.45) is 0.922. The maximum absolute atomic E-state index is 11.5. The van der Waals surface area contributed by atoms with Gasteiger partial charge in [-0.1, -0.05) is 12.2 Å². The molecule has 1 saturated heterocycles. The Morgan fingerprint density at radius 3 is 2.36 bits per heavy atom. The fourth-order valence-electron chi connectivity index (χ4n) is 1.34. The average Bonchev–Trinajstić information content (AvgIpc) is 2.17. The smallest absolute Gasteiger partial charge is 0.229 e. The molecule has 1 heterocycles. The minimum atomic E-state index is -0.0527. The Kier molecular flexibility index (Phi) is 3.82. The van der Waals surface area contributed by atoms with E-state index in [2.05, 4.69) is 12.2 Å². The van der Waals surface area contributed by atoms with Crippen LogP contribution in [-0.2, 0) is 9.59 Å². The summed E-state index contributed by atoms with van der Waals surface area (Å²) in [5.41, 5.74) is 5.27. The molecule has 78 valence electrons. The van der Waals surface area contributed by atoms with Gasteiger partial charge in [-0.25, -0.2) is 0 Å². The standard InChI is InChI=1S/C8H13N3O2S/c9-7(14)5-8(13)11-3-1-10(6-12)2-4-11/h6H,1-5H2,(H2,9,14). The molecule has 0 saturated carbocycles. The van der Waals surface area contributed by atoms with Gasteiger partial charge in [-0.2, -0.15) is 0 Å². The summed E-state index contributed by atoms with van der Waals surface area (Å²) in [5, 5.41) is 0. The third-order valence-electron chi connectivity index (χ3n) is 2.14. The quantitative estimate of drug-likeness (QED) is 0.482. The minimum Gasteiger partial charge on any atom is -0.393 e. The lowest BCUT2D eigenvalue weighted by atomic mass is 10.3. The van der Waals surface area contributed by atoms with Gasteiger partial charge in [0.1, 0.15) is 0 Å². The Bertz CT molecular complexity index is 249. The van der Waals surface area contributed by atoms with E-state index in [0.29, 0.717) is 26.2 Å². The molecule has 1 rings (SSSR count). The predicted molar refractivity (Wildman–Crippen MR) is 55.6 cm³/mol. The molecule has 0 bridgehead atoms. The first-order valence-electron chi connectivity index (χ1n) is 4.39. The van der Waals surface area contributed by atoms with Crippen molar-refractivity contribution in [1.82, 2.24) is 9.80 Å². The molecule has 2 N–H and O–H groups in total. The topological polar surface area (TPSA) is 66.6 Å². The van der Waals surface area contributed by atoms with E-state index in [1.807, 2.05) is 0 Å². The van der Waals surface area contributed by atoms with Gasteiger partial charge >= 0.3 is 0 Å². The van der Waals surface area contributed by atoms with Crippen LogP contribution in [0.1, 0.15) is 6.42 Å². The second-order valence-electron chi connectivity index (χ2n) is 3.17. The summed E-state index contributed by atoms with van der Waals surface area (Å²) < 4.78 is 0. The van der Waals surface area contributed by atoms with Gasteiger partial charge in [0.25, 0.3) is 0 Å². The number of nitrogens with zero attached hydrogens (tertiary/aromatic N) is 2. The molecule has 0 unspecified atom stereocenters. The molecule has 0 aromatic carbocycles. The molecule has 1 aliphatic heterocycles. The monoisotopic (exact) mass is 215 g/mol. The summed E-state index contributed by atoms with van der Waals surface area (Å²) >= 11 is 4.65. The number of piperazine rings is 1. The largest absolute Gasteiger partial charge is 0.393 e. The van der Waals surface area contributed by atoms with Crippen LogP contribution in [0.5, 0.6) is 0 Å². The zero-order valence-electron chi connectivity index (χ0n) is 7.81. The van der Waals surface area contributed by atoms with Crippen molar-refractivity contribution < 1.29 is 9.59 Å². The van der Waals surface area contributed by atoms with Crippen molar-refractivity contribution in [2.24, 2.45) is 5.73 Å². The van der Waals surface area contributed by atoms with Crippen LogP contribution in [0.3, 0.4) is 0 Å². The van der Waals surface area contributed by atoms with E-state index in [4.69, 9.17) is 5.73 Å². The summed E-state index contributed by atoms with van der Waals surface area (Å²) in [5.74, 6) is -0.0527. The molecule has 0 aromatic heterocycles. The molecular formula is C8H13N3O2S. The van der Waals surface area contributed by atoms with E-state index in [9.17, 15) is 9.59 Å². The van der Waals surface area contributed by atoms with Crippen molar-refractivity contribution in [2.45, 2.75) is 6.42 Å². The number of hydrogen-bond acceptors (Lipinski definition) is 3. The molecule has 1 aliphatic rings. The highest BCUT2D eigenvalue weighted by atomic mass is 32.1. The fraction of sp³-hybridized carbons (Fsp3) is 0.625. The molecule has 0 aromatic rings. The van der Waals surface area contributed by atoms with Gasteiger partial charge in [0.05, 0.1) is 11.4 Å².